The van der Waals surface area contributed by atoms with E-state index in [-0.39, 0.29) is 10.6 Å². The third-order valence-electron chi connectivity index (χ3n) is 4.60. The largest absolute Gasteiger partial charge is 0.496 e. The predicted molar refractivity (Wildman–Crippen MR) is 80.9 cm³/mol. The Hall–Kier alpha value is -1.82. The zero-order valence-electron chi connectivity index (χ0n) is 12.2. The number of nitrogens with zero attached hydrogens (tertiary/aromatic N) is 2. The molecule has 0 radical (unpaired) electrons. The summed E-state index contributed by atoms with van der Waals surface area (Å²) in [5, 5.41) is 14.6. The molecular formula is C15H21N3O3. The number of piperidine rings is 1. The summed E-state index contributed by atoms with van der Waals surface area (Å²) in [5.74, 6) is 0.512. The standard InChI is InChI=1S/C15H21N3O3/c1-21-11-5-6-12(15(10-11)18(19)20)16-13-7-9-17-8-3-2-4-14(13)17/h5-6,10,13-14,16H,2-4,7-9H2,1H3. The van der Waals surface area contributed by atoms with E-state index >= 15 is 0 Å². The Bertz CT molecular complexity index is 535. The average Bonchev–Trinajstić information content (AvgIpc) is 2.91. The number of anilines is 1. The van der Waals surface area contributed by atoms with Gasteiger partial charge in [0.15, 0.2) is 0 Å². The van der Waals surface area contributed by atoms with Gasteiger partial charge in [0.1, 0.15) is 11.4 Å². The quantitative estimate of drug-likeness (QED) is 0.682. The van der Waals surface area contributed by atoms with E-state index in [2.05, 4.69) is 10.2 Å². The van der Waals surface area contributed by atoms with Crippen LogP contribution in [0.3, 0.4) is 0 Å². The molecule has 6 heteroatoms. The molecule has 2 saturated heterocycles. The molecule has 0 aromatic heterocycles. The first kappa shape index (κ1) is 14.1. The summed E-state index contributed by atoms with van der Waals surface area (Å²) < 4.78 is 5.08. The van der Waals surface area contributed by atoms with E-state index < -0.39 is 0 Å². The summed E-state index contributed by atoms with van der Waals surface area (Å²) in [5.41, 5.74) is 0.682. The Morgan fingerprint density at radius 1 is 1.33 bits per heavy atom. The first-order valence-corrected chi connectivity index (χ1v) is 7.52. The molecule has 6 nitrogen and oxygen atoms in total. The maximum absolute atomic E-state index is 11.2. The summed E-state index contributed by atoms with van der Waals surface area (Å²) in [6.45, 7) is 2.25. The molecular weight excluding hydrogens is 270 g/mol. The van der Waals surface area contributed by atoms with Crippen molar-refractivity contribution in [2.75, 3.05) is 25.5 Å². The van der Waals surface area contributed by atoms with E-state index in [0.29, 0.717) is 23.5 Å². The first-order valence-electron chi connectivity index (χ1n) is 7.52. The van der Waals surface area contributed by atoms with Gasteiger partial charge in [0.05, 0.1) is 18.1 Å². The minimum absolute atomic E-state index is 0.0867. The average molecular weight is 291 g/mol. The van der Waals surface area contributed by atoms with Gasteiger partial charge >= 0.3 is 0 Å². The summed E-state index contributed by atoms with van der Waals surface area (Å²) in [6.07, 6.45) is 4.76. The lowest BCUT2D eigenvalue weighted by Crippen LogP contribution is -2.41. The number of nitro groups is 1. The lowest BCUT2D eigenvalue weighted by molar-refractivity contribution is -0.384. The van der Waals surface area contributed by atoms with Crippen molar-refractivity contribution in [1.82, 2.24) is 4.90 Å². The van der Waals surface area contributed by atoms with E-state index in [4.69, 9.17) is 4.74 Å². The highest BCUT2D eigenvalue weighted by atomic mass is 16.6. The molecule has 0 amide bonds. The molecule has 3 rings (SSSR count). The van der Waals surface area contributed by atoms with Gasteiger partial charge < -0.3 is 10.1 Å². The van der Waals surface area contributed by atoms with Gasteiger partial charge in [0.2, 0.25) is 0 Å². The normalized spacial score (nSPS) is 25.4. The third-order valence-corrected chi connectivity index (χ3v) is 4.60. The van der Waals surface area contributed by atoms with Crippen LogP contribution in [0.15, 0.2) is 18.2 Å². The molecule has 1 N–H and O–H groups in total. The van der Waals surface area contributed by atoms with E-state index in [9.17, 15) is 10.1 Å². The lowest BCUT2D eigenvalue weighted by atomic mass is 9.99. The topological polar surface area (TPSA) is 67.6 Å². The smallest absolute Gasteiger partial charge is 0.296 e. The molecule has 2 heterocycles. The van der Waals surface area contributed by atoms with Gasteiger partial charge in [-0.05, 0) is 37.9 Å². The molecule has 114 valence electrons. The minimum Gasteiger partial charge on any atom is -0.496 e. The van der Waals surface area contributed by atoms with Crippen molar-refractivity contribution in [3.8, 4) is 5.75 Å². The summed E-state index contributed by atoms with van der Waals surface area (Å²) in [7, 11) is 1.52. The lowest BCUT2D eigenvalue weighted by Gasteiger charge is -2.32. The highest BCUT2D eigenvalue weighted by Gasteiger charge is 2.36. The molecule has 1 aromatic carbocycles. The number of benzene rings is 1. The van der Waals surface area contributed by atoms with Crippen molar-refractivity contribution >= 4 is 11.4 Å². The molecule has 2 fully saturated rings. The second-order valence-corrected chi connectivity index (χ2v) is 5.78. The second kappa shape index (κ2) is 5.89. The molecule has 2 aliphatic rings. The van der Waals surface area contributed by atoms with Crippen LogP contribution >= 0.6 is 0 Å². The SMILES string of the molecule is COc1ccc(NC2CCN3CCCCC23)c([N+](=O)[O-])c1. The van der Waals surface area contributed by atoms with E-state index in [1.54, 1.807) is 12.1 Å². The maximum Gasteiger partial charge on any atom is 0.296 e. The van der Waals surface area contributed by atoms with Crippen LogP contribution < -0.4 is 10.1 Å². The molecule has 0 bridgehead atoms. The van der Waals surface area contributed by atoms with Crippen LogP contribution in [0.1, 0.15) is 25.7 Å². The number of nitro benzene ring substituents is 1. The Morgan fingerprint density at radius 2 is 2.19 bits per heavy atom. The van der Waals surface area contributed by atoms with Gasteiger partial charge in [-0.3, -0.25) is 15.0 Å². The van der Waals surface area contributed by atoms with E-state index in [0.717, 1.165) is 19.5 Å². The Kier molecular flexibility index (Phi) is 3.96. The molecule has 0 saturated carbocycles. The fourth-order valence-corrected chi connectivity index (χ4v) is 3.53. The van der Waals surface area contributed by atoms with Crippen molar-refractivity contribution < 1.29 is 9.66 Å². The van der Waals surface area contributed by atoms with Gasteiger partial charge in [0.25, 0.3) is 5.69 Å². The predicted octanol–water partition coefficient (Wildman–Crippen LogP) is 2.64. The van der Waals surface area contributed by atoms with Crippen molar-refractivity contribution in [3.05, 3.63) is 28.3 Å². The van der Waals surface area contributed by atoms with Gasteiger partial charge in [-0.2, -0.15) is 0 Å². The van der Waals surface area contributed by atoms with Gasteiger partial charge in [0, 0.05) is 18.6 Å². The number of hydrogen-bond acceptors (Lipinski definition) is 5. The van der Waals surface area contributed by atoms with Crippen LogP contribution in [0.2, 0.25) is 0 Å². The van der Waals surface area contributed by atoms with Crippen LogP contribution in [-0.4, -0.2) is 42.1 Å². The number of fused-ring (bicyclic) bond motifs is 1. The van der Waals surface area contributed by atoms with Crippen molar-refractivity contribution in [2.24, 2.45) is 0 Å². The molecule has 2 aliphatic heterocycles. The van der Waals surface area contributed by atoms with Crippen LogP contribution in [0.4, 0.5) is 11.4 Å². The Balaban J connectivity index is 1.79. The summed E-state index contributed by atoms with van der Waals surface area (Å²) in [6, 6.07) is 5.82. The molecule has 2 unspecified atom stereocenters. The molecule has 0 aliphatic carbocycles. The van der Waals surface area contributed by atoms with Crippen LogP contribution in [0.5, 0.6) is 5.75 Å². The molecule has 1 aromatic rings. The summed E-state index contributed by atoms with van der Waals surface area (Å²) >= 11 is 0. The molecule has 21 heavy (non-hydrogen) atoms. The Labute approximate surface area is 124 Å². The highest BCUT2D eigenvalue weighted by Crippen LogP contribution is 2.34. The van der Waals surface area contributed by atoms with Crippen molar-refractivity contribution in [2.45, 2.75) is 37.8 Å². The van der Waals surface area contributed by atoms with Gasteiger partial charge in [-0.25, -0.2) is 0 Å². The van der Waals surface area contributed by atoms with Crippen LogP contribution in [0, 0.1) is 10.1 Å². The molecule has 0 spiro atoms. The van der Waals surface area contributed by atoms with Crippen molar-refractivity contribution in [1.29, 1.82) is 0 Å². The Morgan fingerprint density at radius 3 is 2.95 bits per heavy atom. The zero-order chi connectivity index (χ0) is 14.8. The number of rotatable bonds is 4. The van der Waals surface area contributed by atoms with Gasteiger partial charge in [-0.15, -0.1) is 0 Å². The highest BCUT2D eigenvalue weighted by molar-refractivity contribution is 5.64. The first-order chi connectivity index (χ1) is 10.2. The van der Waals surface area contributed by atoms with Crippen LogP contribution in [-0.2, 0) is 0 Å². The zero-order valence-corrected chi connectivity index (χ0v) is 12.2. The number of hydrogen-bond donors (Lipinski definition) is 1. The van der Waals surface area contributed by atoms with E-state index in [1.165, 1.54) is 32.4 Å². The van der Waals surface area contributed by atoms with E-state index in [1.807, 2.05) is 0 Å². The fourth-order valence-electron chi connectivity index (χ4n) is 3.53. The van der Waals surface area contributed by atoms with Crippen molar-refractivity contribution in [3.63, 3.8) is 0 Å². The number of ether oxygens (including phenoxy) is 1. The monoisotopic (exact) mass is 291 g/mol. The fraction of sp³-hybridized carbons (Fsp3) is 0.600. The second-order valence-electron chi connectivity index (χ2n) is 5.78. The van der Waals surface area contributed by atoms with Gasteiger partial charge in [-0.1, -0.05) is 6.42 Å². The summed E-state index contributed by atoms with van der Waals surface area (Å²) in [4.78, 5) is 13.4. The van der Waals surface area contributed by atoms with Crippen LogP contribution in [0.25, 0.3) is 0 Å². The maximum atomic E-state index is 11.2. The minimum atomic E-state index is -0.349. The molecule has 2 atom stereocenters. The number of methoxy groups -OCH3 is 1. The third kappa shape index (κ3) is 2.81. The number of nitrogens with one attached hydrogen (secondary N) is 1.